The Labute approximate surface area is 65.3 Å². The van der Waals surface area contributed by atoms with Crippen molar-refractivity contribution in [1.29, 1.82) is 0 Å². The molecule has 0 aliphatic heterocycles. The van der Waals surface area contributed by atoms with Crippen LogP contribution in [0, 0.1) is 0 Å². The van der Waals surface area contributed by atoms with Crippen molar-refractivity contribution in [2.24, 2.45) is 0 Å². The van der Waals surface area contributed by atoms with E-state index in [1.807, 2.05) is 0 Å². The summed E-state index contributed by atoms with van der Waals surface area (Å²) in [5.74, 6) is -0.526. The van der Waals surface area contributed by atoms with Crippen LogP contribution in [0.15, 0.2) is 0 Å². The van der Waals surface area contributed by atoms with Crippen molar-refractivity contribution < 1.29 is 19.9 Å². The highest BCUT2D eigenvalue weighted by Crippen LogP contribution is 2.09. The minimum atomic E-state index is -0.575. The second kappa shape index (κ2) is 3.66. The molecule has 0 atom stereocenters. The standard InChI is InChI=1S/C6H13NO4/c1-5(8)7(11-9)10-6(2,3)4/h9H,1-4H3. The Bertz CT molecular complexity index is 140. The van der Waals surface area contributed by atoms with Crippen molar-refractivity contribution in [1.82, 2.24) is 5.23 Å². The van der Waals surface area contributed by atoms with Gasteiger partial charge in [0.1, 0.15) is 0 Å². The zero-order chi connectivity index (χ0) is 9.07. The van der Waals surface area contributed by atoms with Gasteiger partial charge in [-0.05, 0) is 20.8 Å². The fourth-order valence-electron chi connectivity index (χ4n) is 0.387. The summed E-state index contributed by atoms with van der Waals surface area (Å²) in [6.07, 6.45) is 0. The number of amides is 1. The minimum absolute atomic E-state index is 0.417. The molecular weight excluding hydrogens is 150 g/mol. The lowest BCUT2D eigenvalue weighted by atomic mass is 10.2. The molecule has 66 valence electrons. The van der Waals surface area contributed by atoms with E-state index in [-0.39, 0.29) is 0 Å². The molecule has 1 amide bonds. The number of carbonyl (C=O) groups excluding carboxylic acids is 1. The molecule has 0 aromatic rings. The van der Waals surface area contributed by atoms with Crippen molar-refractivity contribution in [2.75, 3.05) is 0 Å². The molecule has 0 aliphatic rings. The molecule has 0 bridgehead atoms. The van der Waals surface area contributed by atoms with Crippen molar-refractivity contribution >= 4 is 5.91 Å². The average molecular weight is 163 g/mol. The van der Waals surface area contributed by atoms with Crippen LogP contribution in [0.2, 0.25) is 0 Å². The third-order valence-corrected chi connectivity index (χ3v) is 0.688. The summed E-state index contributed by atoms with van der Waals surface area (Å²) in [5.41, 5.74) is -0.575. The van der Waals surface area contributed by atoms with Crippen LogP contribution in [0.4, 0.5) is 0 Å². The molecular formula is C6H13NO4. The SMILES string of the molecule is CC(=O)N(OO)OC(C)(C)C. The van der Waals surface area contributed by atoms with Gasteiger partial charge >= 0.3 is 0 Å². The molecule has 0 fully saturated rings. The Balaban J connectivity index is 3.99. The Morgan fingerprint density at radius 1 is 1.45 bits per heavy atom. The molecule has 0 saturated carbocycles. The molecule has 0 aromatic carbocycles. The highest BCUT2D eigenvalue weighted by Gasteiger charge is 2.20. The van der Waals surface area contributed by atoms with Crippen molar-refractivity contribution in [2.45, 2.75) is 33.3 Å². The van der Waals surface area contributed by atoms with Crippen LogP contribution in [0.1, 0.15) is 27.7 Å². The smallest absolute Gasteiger partial charge is 0.270 e. The third-order valence-electron chi connectivity index (χ3n) is 0.688. The Kier molecular flexibility index (Phi) is 3.44. The normalized spacial score (nSPS) is 11.4. The molecule has 0 aliphatic carbocycles. The second-order valence-corrected chi connectivity index (χ2v) is 3.06. The number of carbonyl (C=O) groups is 1. The molecule has 11 heavy (non-hydrogen) atoms. The van der Waals surface area contributed by atoms with E-state index in [1.165, 1.54) is 6.92 Å². The summed E-state index contributed by atoms with van der Waals surface area (Å²) in [5, 5.41) is 8.56. The molecule has 0 aromatic heterocycles. The van der Waals surface area contributed by atoms with E-state index in [0.29, 0.717) is 5.23 Å². The zero-order valence-corrected chi connectivity index (χ0v) is 7.12. The molecule has 5 heteroatoms. The average Bonchev–Trinajstić information content (AvgIpc) is 1.80. The first kappa shape index (κ1) is 10.3. The maximum atomic E-state index is 10.6. The van der Waals surface area contributed by atoms with Gasteiger partial charge in [0.2, 0.25) is 0 Å². The summed E-state index contributed by atoms with van der Waals surface area (Å²) in [6.45, 7) is 6.38. The van der Waals surface area contributed by atoms with Crippen molar-refractivity contribution in [3.8, 4) is 0 Å². The Hall–Kier alpha value is -0.650. The van der Waals surface area contributed by atoms with Crippen LogP contribution >= 0.6 is 0 Å². The maximum Gasteiger partial charge on any atom is 0.273 e. The van der Waals surface area contributed by atoms with Crippen LogP contribution < -0.4 is 0 Å². The minimum Gasteiger partial charge on any atom is -0.270 e. The molecule has 0 spiro atoms. The van der Waals surface area contributed by atoms with E-state index >= 15 is 0 Å². The summed E-state index contributed by atoms with van der Waals surface area (Å²) >= 11 is 0. The lowest BCUT2D eigenvalue weighted by Gasteiger charge is -2.24. The predicted molar refractivity (Wildman–Crippen MR) is 37.1 cm³/mol. The van der Waals surface area contributed by atoms with Gasteiger partial charge in [0, 0.05) is 6.92 Å². The molecule has 0 heterocycles. The van der Waals surface area contributed by atoms with Crippen LogP contribution in [0.25, 0.3) is 0 Å². The largest absolute Gasteiger partial charge is 0.273 e. The molecule has 5 nitrogen and oxygen atoms in total. The molecule has 0 rings (SSSR count). The molecule has 0 radical (unpaired) electrons. The molecule has 0 saturated heterocycles. The lowest BCUT2D eigenvalue weighted by Crippen LogP contribution is -2.36. The van der Waals surface area contributed by atoms with E-state index in [4.69, 9.17) is 10.1 Å². The Morgan fingerprint density at radius 3 is 2.00 bits per heavy atom. The van der Waals surface area contributed by atoms with Gasteiger partial charge in [-0.25, -0.2) is 10.1 Å². The van der Waals surface area contributed by atoms with Crippen LogP contribution in [-0.4, -0.2) is 22.0 Å². The quantitative estimate of drug-likeness (QED) is 0.486. The van der Waals surface area contributed by atoms with E-state index in [2.05, 4.69) is 4.99 Å². The van der Waals surface area contributed by atoms with E-state index in [9.17, 15) is 4.79 Å². The predicted octanol–water partition coefficient (Wildman–Crippen LogP) is 0.970. The van der Waals surface area contributed by atoms with Gasteiger partial charge in [-0.1, -0.05) is 10.2 Å². The van der Waals surface area contributed by atoms with Crippen molar-refractivity contribution in [3.05, 3.63) is 0 Å². The number of rotatable bonds is 2. The van der Waals surface area contributed by atoms with Gasteiger partial charge in [0.25, 0.3) is 5.91 Å². The van der Waals surface area contributed by atoms with Gasteiger partial charge in [0.05, 0.1) is 5.60 Å². The fourth-order valence-corrected chi connectivity index (χ4v) is 0.387. The topological polar surface area (TPSA) is 59.0 Å². The highest BCUT2D eigenvalue weighted by atomic mass is 17.3. The zero-order valence-electron chi connectivity index (χ0n) is 7.12. The van der Waals surface area contributed by atoms with Crippen LogP contribution in [0.3, 0.4) is 0 Å². The summed E-state index contributed by atoms with van der Waals surface area (Å²) in [6, 6.07) is 0. The number of hydroxylamine groups is 2. The summed E-state index contributed by atoms with van der Waals surface area (Å²) in [7, 11) is 0. The first-order valence-electron chi connectivity index (χ1n) is 3.18. The van der Waals surface area contributed by atoms with Gasteiger partial charge < -0.3 is 0 Å². The summed E-state index contributed by atoms with van der Waals surface area (Å²) < 4.78 is 0. The number of hydrogen-bond acceptors (Lipinski definition) is 4. The van der Waals surface area contributed by atoms with Gasteiger partial charge in [0.15, 0.2) is 0 Å². The Morgan fingerprint density at radius 2 is 1.91 bits per heavy atom. The van der Waals surface area contributed by atoms with Gasteiger partial charge in [-0.2, -0.15) is 0 Å². The highest BCUT2D eigenvalue weighted by molar-refractivity contribution is 5.70. The van der Waals surface area contributed by atoms with Crippen LogP contribution in [0.5, 0.6) is 0 Å². The number of nitrogens with zero attached hydrogens (tertiary/aromatic N) is 1. The first-order valence-corrected chi connectivity index (χ1v) is 3.18. The fraction of sp³-hybridized carbons (Fsp3) is 0.833. The lowest BCUT2D eigenvalue weighted by molar-refractivity contribution is -0.496. The second-order valence-electron chi connectivity index (χ2n) is 3.06. The van der Waals surface area contributed by atoms with E-state index in [0.717, 1.165) is 0 Å². The van der Waals surface area contributed by atoms with Gasteiger partial charge in [-0.15, -0.1) is 0 Å². The number of hydrogen-bond donors (Lipinski definition) is 1. The molecule has 0 unspecified atom stereocenters. The monoisotopic (exact) mass is 163 g/mol. The third kappa shape index (κ3) is 4.72. The van der Waals surface area contributed by atoms with E-state index in [1.54, 1.807) is 20.8 Å². The maximum absolute atomic E-state index is 10.6. The van der Waals surface area contributed by atoms with Gasteiger partial charge in [-0.3, -0.25) is 4.79 Å². The van der Waals surface area contributed by atoms with E-state index < -0.39 is 11.5 Å². The van der Waals surface area contributed by atoms with Crippen molar-refractivity contribution in [3.63, 3.8) is 0 Å². The molecule has 1 N–H and O–H groups in total. The summed E-state index contributed by atoms with van der Waals surface area (Å²) in [4.78, 5) is 19.1. The van der Waals surface area contributed by atoms with Crippen LogP contribution in [-0.2, 0) is 14.6 Å². The first-order chi connectivity index (χ1) is 4.87.